The molecule has 72 valence electrons. The first-order chi connectivity index (χ1) is 5.91. The zero-order valence-corrected chi connectivity index (χ0v) is 7.68. The molecule has 0 heterocycles. The third-order valence-corrected chi connectivity index (χ3v) is 1.90. The van der Waals surface area contributed by atoms with E-state index in [1.54, 1.807) is 13.8 Å². The van der Waals surface area contributed by atoms with Crippen LogP contribution in [0, 0.1) is 5.41 Å². The first-order valence-electron chi connectivity index (χ1n) is 4.12. The molecule has 0 aromatic rings. The molecule has 0 amide bonds. The molecule has 0 N–H and O–H groups in total. The van der Waals surface area contributed by atoms with E-state index < -0.39 is 11.8 Å². The zero-order valence-electron chi connectivity index (χ0n) is 7.68. The Balaban J connectivity index is 2.99. The molecule has 0 spiro atoms. The summed E-state index contributed by atoms with van der Waals surface area (Å²) in [7, 11) is 0. The predicted molar refractivity (Wildman–Crippen MR) is 46.6 cm³/mol. The van der Waals surface area contributed by atoms with Gasteiger partial charge in [-0.05, 0) is 11.5 Å². The molecule has 0 fully saturated rings. The van der Waals surface area contributed by atoms with Crippen LogP contribution in [-0.2, 0) is 4.79 Å². The van der Waals surface area contributed by atoms with Crippen molar-refractivity contribution in [1.29, 1.82) is 0 Å². The van der Waals surface area contributed by atoms with Crippen LogP contribution in [0.5, 0.6) is 0 Å². The zero-order chi connectivity index (χ0) is 10.1. The van der Waals surface area contributed by atoms with Gasteiger partial charge in [-0.15, -0.1) is 0 Å². The third-order valence-electron chi connectivity index (χ3n) is 1.90. The fourth-order valence-corrected chi connectivity index (χ4v) is 1.38. The quantitative estimate of drug-likeness (QED) is 0.615. The minimum atomic E-state index is -2.50. The second-order valence-corrected chi connectivity index (χ2v) is 3.91. The number of carbonyl (C=O) groups excluding carboxylic acids is 1. The van der Waals surface area contributed by atoms with Crippen LogP contribution >= 0.6 is 0 Å². The summed E-state index contributed by atoms with van der Waals surface area (Å²) in [6.07, 6.45) is 1.70. The van der Waals surface area contributed by atoms with Crippen LogP contribution < -0.4 is 0 Å². The molecule has 13 heavy (non-hydrogen) atoms. The van der Waals surface area contributed by atoms with Gasteiger partial charge in [-0.2, -0.15) is 0 Å². The summed E-state index contributed by atoms with van der Waals surface area (Å²) in [4.78, 5) is 11.1. The molecule has 1 aliphatic carbocycles. The van der Waals surface area contributed by atoms with E-state index in [0.717, 1.165) is 0 Å². The van der Waals surface area contributed by atoms with Crippen molar-refractivity contribution in [3.63, 3.8) is 0 Å². The molecule has 0 unspecified atom stereocenters. The highest BCUT2D eigenvalue weighted by Gasteiger charge is 2.23. The van der Waals surface area contributed by atoms with E-state index in [4.69, 9.17) is 0 Å². The highest BCUT2D eigenvalue weighted by atomic mass is 19.3. The van der Waals surface area contributed by atoms with Crippen molar-refractivity contribution in [1.82, 2.24) is 0 Å². The topological polar surface area (TPSA) is 17.1 Å². The lowest BCUT2D eigenvalue weighted by Crippen LogP contribution is -2.12. The van der Waals surface area contributed by atoms with Gasteiger partial charge in [0.15, 0.2) is 5.78 Å². The number of ketones is 1. The summed E-state index contributed by atoms with van der Waals surface area (Å²) < 4.78 is 24.7. The number of rotatable bonds is 1. The van der Waals surface area contributed by atoms with Gasteiger partial charge in [0.2, 0.25) is 0 Å². The fourth-order valence-electron chi connectivity index (χ4n) is 1.38. The molecule has 0 radical (unpaired) electrons. The average Bonchev–Trinajstić information content (AvgIpc) is 2.07. The van der Waals surface area contributed by atoms with E-state index in [2.05, 4.69) is 0 Å². The number of carbonyl (C=O) groups is 1. The number of hydrogen-bond donors (Lipinski definition) is 0. The van der Waals surface area contributed by atoms with Crippen LogP contribution in [0.15, 0.2) is 23.8 Å². The van der Waals surface area contributed by atoms with Crippen molar-refractivity contribution < 1.29 is 13.6 Å². The molecular formula is C10H12F2O. The molecule has 0 aromatic heterocycles. The van der Waals surface area contributed by atoms with E-state index in [-0.39, 0.29) is 11.4 Å². The Kier molecular flexibility index (Phi) is 2.64. The van der Waals surface area contributed by atoms with Crippen LogP contribution in [0.1, 0.15) is 20.3 Å². The van der Waals surface area contributed by atoms with E-state index >= 15 is 0 Å². The summed E-state index contributed by atoms with van der Waals surface area (Å²) in [6, 6.07) is 0. The van der Waals surface area contributed by atoms with Crippen molar-refractivity contribution in [3.05, 3.63) is 23.8 Å². The maximum atomic E-state index is 12.3. The summed E-state index contributed by atoms with van der Waals surface area (Å²) in [5.41, 5.74) is -0.525. The standard InChI is InChI=1S/C10H12F2O/c1-10(2)5-7(9(11)12)3-4-8(13)6-10/h3-5,9H,6H2,1-2H3. The van der Waals surface area contributed by atoms with Gasteiger partial charge in [-0.25, -0.2) is 8.78 Å². The van der Waals surface area contributed by atoms with Gasteiger partial charge in [0.1, 0.15) is 0 Å². The maximum absolute atomic E-state index is 12.3. The van der Waals surface area contributed by atoms with Gasteiger partial charge >= 0.3 is 0 Å². The molecule has 0 aliphatic heterocycles. The molecule has 1 aliphatic rings. The second-order valence-electron chi connectivity index (χ2n) is 3.91. The molecule has 0 saturated heterocycles. The van der Waals surface area contributed by atoms with Gasteiger partial charge in [0, 0.05) is 12.0 Å². The summed E-state index contributed by atoms with van der Waals surface area (Å²) in [6.45, 7) is 3.56. The smallest absolute Gasteiger partial charge is 0.263 e. The van der Waals surface area contributed by atoms with E-state index in [0.29, 0.717) is 6.42 Å². The minimum absolute atomic E-state index is 0.0594. The Labute approximate surface area is 76.1 Å². The van der Waals surface area contributed by atoms with Crippen LogP contribution in [0.2, 0.25) is 0 Å². The van der Waals surface area contributed by atoms with Crippen LogP contribution in [0.25, 0.3) is 0 Å². The van der Waals surface area contributed by atoms with Crippen molar-refractivity contribution in [3.8, 4) is 0 Å². The molecule has 0 saturated carbocycles. The number of halogens is 2. The Bertz CT molecular complexity index is 275. The lowest BCUT2D eigenvalue weighted by molar-refractivity contribution is -0.115. The van der Waals surface area contributed by atoms with Crippen LogP contribution in [0.4, 0.5) is 8.78 Å². The maximum Gasteiger partial charge on any atom is 0.263 e. The third kappa shape index (κ3) is 2.76. The normalized spacial score (nSPS) is 21.6. The average molecular weight is 186 g/mol. The fraction of sp³-hybridized carbons (Fsp3) is 0.500. The van der Waals surface area contributed by atoms with E-state index in [1.807, 2.05) is 0 Å². The lowest BCUT2D eigenvalue weighted by atomic mass is 9.87. The van der Waals surface area contributed by atoms with Crippen molar-refractivity contribution in [2.24, 2.45) is 5.41 Å². The van der Waals surface area contributed by atoms with Crippen molar-refractivity contribution in [2.45, 2.75) is 26.7 Å². The SMILES string of the molecule is CC1(C)C=C(C(F)F)C=CC(=O)C1. The molecular weight excluding hydrogens is 174 g/mol. The van der Waals surface area contributed by atoms with Gasteiger partial charge in [0.05, 0.1) is 0 Å². The summed E-state index contributed by atoms with van der Waals surface area (Å²) >= 11 is 0. The number of alkyl halides is 2. The Hall–Kier alpha value is -0.990. The predicted octanol–water partition coefficient (Wildman–Crippen LogP) is 2.73. The Morgan fingerprint density at radius 1 is 1.38 bits per heavy atom. The molecule has 0 bridgehead atoms. The molecule has 1 nitrogen and oxygen atoms in total. The highest BCUT2D eigenvalue weighted by molar-refractivity contribution is 5.91. The van der Waals surface area contributed by atoms with Crippen molar-refractivity contribution >= 4 is 5.78 Å². The monoisotopic (exact) mass is 186 g/mol. The van der Waals surface area contributed by atoms with Crippen LogP contribution in [-0.4, -0.2) is 12.2 Å². The van der Waals surface area contributed by atoms with Gasteiger partial charge < -0.3 is 0 Å². The molecule has 1 rings (SSSR count). The largest absolute Gasteiger partial charge is 0.295 e. The number of hydrogen-bond acceptors (Lipinski definition) is 1. The van der Waals surface area contributed by atoms with Gasteiger partial charge in [0.25, 0.3) is 6.43 Å². The highest BCUT2D eigenvalue weighted by Crippen LogP contribution is 2.29. The van der Waals surface area contributed by atoms with E-state index in [9.17, 15) is 13.6 Å². The van der Waals surface area contributed by atoms with Gasteiger partial charge in [-0.3, -0.25) is 4.79 Å². The molecule has 0 aromatic carbocycles. The lowest BCUT2D eigenvalue weighted by Gasteiger charge is -2.17. The first kappa shape index (κ1) is 10.1. The van der Waals surface area contributed by atoms with Crippen LogP contribution in [0.3, 0.4) is 0 Å². The van der Waals surface area contributed by atoms with E-state index in [1.165, 1.54) is 18.2 Å². The minimum Gasteiger partial charge on any atom is -0.295 e. The number of allylic oxidation sites excluding steroid dienone is 4. The molecule has 0 atom stereocenters. The second kappa shape index (κ2) is 3.40. The first-order valence-corrected chi connectivity index (χ1v) is 4.12. The Morgan fingerprint density at radius 2 is 2.00 bits per heavy atom. The van der Waals surface area contributed by atoms with Gasteiger partial charge in [-0.1, -0.05) is 26.0 Å². The molecule has 3 heteroatoms. The Morgan fingerprint density at radius 3 is 2.54 bits per heavy atom. The summed E-state index contributed by atoms with van der Waals surface area (Å²) in [5, 5.41) is 0. The van der Waals surface area contributed by atoms with Crippen molar-refractivity contribution in [2.75, 3.05) is 0 Å². The summed E-state index contributed by atoms with van der Waals surface area (Å²) in [5.74, 6) is -0.100.